The maximum atomic E-state index is 9.48. The number of rotatable bonds is 4. The largest absolute Gasteiger partial charge is 0.396 e. The van der Waals surface area contributed by atoms with Gasteiger partial charge in [0.15, 0.2) is 5.15 Å². The number of aromatic nitrogens is 4. The highest BCUT2D eigenvalue weighted by Crippen LogP contribution is 2.42. The van der Waals surface area contributed by atoms with Crippen molar-refractivity contribution in [2.24, 2.45) is 5.41 Å². The van der Waals surface area contributed by atoms with Crippen LogP contribution < -0.4 is 0 Å². The lowest BCUT2D eigenvalue weighted by Crippen LogP contribution is -2.35. The van der Waals surface area contributed by atoms with E-state index >= 15 is 0 Å². The minimum Gasteiger partial charge on any atom is -0.396 e. The number of aliphatic hydroxyl groups is 1. The van der Waals surface area contributed by atoms with Crippen LogP contribution in [0, 0.1) is 5.41 Å². The maximum absolute atomic E-state index is 9.48. The van der Waals surface area contributed by atoms with Crippen LogP contribution in [0.4, 0.5) is 0 Å². The second kappa shape index (κ2) is 4.90. The number of pyridine rings is 1. The van der Waals surface area contributed by atoms with Crippen molar-refractivity contribution in [3.63, 3.8) is 0 Å². The molecule has 0 amide bonds. The first-order valence-corrected chi connectivity index (χ1v) is 6.73. The molecule has 0 saturated heterocycles. The lowest BCUT2D eigenvalue weighted by atomic mass is 9.67. The molecule has 2 aromatic heterocycles. The Labute approximate surface area is 116 Å². The van der Waals surface area contributed by atoms with Crippen LogP contribution in [0.25, 0.3) is 5.69 Å². The van der Waals surface area contributed by atoms with Gasteiger partial charge in [-0.25, -0.2) is 9.67 Å². The molecule has 2 heterocycles. The van der Waals surface area contributed by atoms with Gasteiger partial charge in [0.25, 0.3) is 0 Å². The van der Waals surface area contributed by atoms with E-state index < -0.39 is 0 Å². The van der Waals surface area contributed by atoms with E-state index in [1.165, 1.54) is 6.42 Å². The Kier molecular flexibility index (Phi) is 3.24. The molecular weight excluding hydrogens is 264 g/mol. The molecule has 5 nitrogen and oxygen atoms in total. The molecule has 1 aliphatic carbocycles. The van der Waals surface area contributed by atoms with Crippen molar-refractivity contribution in [2.45, 2.75) is 25.7 Å². The van der Waals surface area contributed by atoms with Crippen molar-refractivity contribution in [2.75, 3.05) is 6.61 Å². The summed E-state index contributed by atoms with van der Waals surface area (Å²) in [6, 6.07) is 3.66. The van der Waals surface area contributed by atoms with E-state index in [2.05, 4.69) is 15.3 Å². The molecule has 1 aliphatic rings. The van der Waals surface area contributed by atoms with E-state index in [-0.39, 0.29) is 12.0 Å². The maximum Gasteiger partial charge on any atom is 0.154 e. The highest BCUT2D eigenvalue weighted by Gasteiger charge is 2.37. The highest BCUT2D eigenvalue weighted by molar-refractivity contribution is 6.31. The lowest BCUT2D eigenvalue weighted by molar-refractivity contribution is 0.0441. The van der Waals surface area contributed by atoms with Gasteiger partial charge >= 0.3 is 0 Å². The standard InChI is InChI=1S/C13H15ClN4O/c14-12-11(3-1-6-15-12)18-8-10(16-17-18)7-13(9-19)4-2-5-13/h1,3,6,8,19H,2,4-5,7,9H2. The normalized spacial score (nSPS) is 17.2. The predicted molar refractivity (Wildman–Crippen MR) is 71.2 cm³/mol. The first kappa shape index (κ1) is 12.6. The highest BCUT2D eigenvalue weighted by atomic mass is 35.5. The van der Waals surface area contributed by atoms with Gasteiger partial charge in [0, 0.05) is 19.2 Å². The van der Waals surface area contributed by atoms with Gasteiger partial charge in [-0.05, 0) is 30.4 Å². The summed E-state index contributed by atoms with van der Waals surface area (Å²) in [4.78, 5) is 4.02. The molecule has 0 radical (unpaired) electrons. The van der Waals surface area contributed by atoms with E-state index in [1.54, 1.807) is 10.9 Å². The van der Waals surface area contributed by atoms with Crippen LogP contribution in [-0.4, -0.2) is 31.7 Å². The summed E-state index contributed by atoms with van der Waals surface area (Å²) in [5.74, 6) is 0. The first-order valence-electron chi connectivity index (χ1n) is 6.35. The van der Waals surface area contributed by atoms with Crippen LogP contribution >= 0.6 is 11.6 Å². The Bertz CT molecular complexity index is 574. The molecule has 1 fully saturated rings. The Morgan fingerprint density at radius 2 is 2.26 bits per heavy atom. The lowest BCUT2D eigenvalue weighted by Gasteiger charge is -2.39. The van der Waals surface area contributed by atoms with Gasteiger partial charge in [-0.1, -0.05) is 23.2 Å². The average Bonchev–Trinajstić information content (AvgIpc) is 2.83. The smallest absolute Gasteiger partial charge is 0.154 e. The minimum absolute atomic E-state index is 0.0135. The van der Waals surface area contributed by atoms with Gasteiger partial charge in [0.05, 0.1) is 11.9 Å². The summed E-state index contributed by atoms with van der Waals surface area (Å²) in [5, 5.41) is 18.1. The van der Waals surface area contributed by atoms with Gasteiger partial charge in [-0.15, -0.1) is 5.10 Å². The van der Waals surface area contributed by atoms with Crippen LogP contribution in [0.15, 0.2) is 24.5 Å². The molecule has 0 bridgehead atoms. The summed E-state index contributed by atoms with van der Waals surface area (Å²) >= 11 is 6.03. The molecule has 0 spiro atoms. The zero-order valence-electron chi connectivity index (χ0n) is 10.5. The number of aliphatic hydroxyl groups excluding tert-OH is 1. The van der Waals surface area contributed by atoms with E-state index in [4.69, 9.17) is 11.6 Å². The molecule has 19 heavy (non-hydrogen) atoms. The summed E-state index contributed by atoms with van der Waals surface area (Å²) in [5.41, 5.74) is 1.61. The van der Waals surface area contributed by atoms with Gasteiger partial charge in [0.1, 0.15) is 5.69 Å². The molecule has 0 aromatic carbocycles. The quantitative estimate of drug-likeness (QED) is 0.869. The fourth-order valence-corrected chi connectivity index (χ4v) is 2.70. The van der Waals surface area contributed by atoms with E-state index in [1.807, 2.05) is 18.3 Å². The van der Waals surface area contributed by atoms with E-state index in [0.29, 0.717) is 5.15 Å². The monoisotopic (exact) mass is 278 g/mol. The molecular formula is C13H15ClN4O. The van der Waals surface area contributed by atoms with E-state index in [0.717, 1.165) is 30.6 Å². The van der Waals surface area contributed by atoms with Crippen molar-refractivity contribution < 1.29 is 5.11 Å². The molecule has 1 saturated carbocycles. The van der Waals surface area contributed by atoms with Gasteiger partial charge in [-0.3, -0.25) is 0 Å². The molecule has 100 valence electrons. The van der Waals surface area contributed by atoms with Gasteiger partial charge in [0.2, 0.25) is 0 Å². The van der Waals surface area contributed by atoms with Crippen molar-refractivity contribution in [3.05, 3.63) is 35.4 Å². The number of halogens is 1. The third-order valence-corrected chi connectivity index (χ3v) is 4.12. The molecule has 1 N–H and O–H groups in total. The zero-order chi connectivity index (χ0) is 13.3. The van der Waals surface area contributed by atoms with Crippen molar-refractivity contribution in [1.29, 1.82) is 0 Å². The van der Waals surface area contributed by atoms with Gasteiger partial charge < -0.3 is 5.11 Å². The summed E-state index contributed by atoms with van der Waals surface area (Å²) in [7, 11) is 0. The van der Waals surface area contributed by atoms with E-state index in [9.17, 15) is 5.11 Å². The molecule has 6 heteroatoms. The summed E-state index contributed by atoms with van der Waals surface area (Å²) in [6.45, 7) is 0.216. The van der Waals surface area contributed by atoms with Crippen molar-refractivity contribution >= 4 is 11.6 Å². The zero-order valence-corrected chi connectivity index (χ0v) is 11.2. The SMILES string of the molecule is OCC1(Cc2cn(-c3cccnc3Cl)nn2)CCC1. The Morgan fingerprint density at radius 3 is 2.89 bits per heavy atom. The fraction of sp³-hybridized carbons (Fsp3) is 0.462. The molecule has 0 atom stereocenters. The molecule has 0 unspecified atom stereocenters. The second-order valence-corrected chi connectivity index (χ2v) is 5.51. The minimum atomic E-state index is 0.0135. The predicted octanol–water partition coefficient (Wildman–Crippen LogP) is 2.02. The topological polar surface area (TPSA) is 63.8 Å². The molecule has 2 aromatic rings. The van der Waals surface area contributed by atoms with Gasteiger partial charge in [-0.2, -0.15) is 0 Å². The fourth-order valence-electron chi connectivity index (χ4n) is 2.50. The van der Waals surface area contributed by atoms with Crippen molar-refractivity contribution in [3.8, 4) is 5.69 Å². The summed E-state index contributed by atoms with van der Waals surface area (Å²) in [6.07, 6.45) is 7.57. The molecule has 0 aliphatic heterocycles. The molecule has 3 rings (SSSR count). The number of hydrogen-bond acceptors (Lipinski definition) is 4. The number of hydrogen-bond donors (Lipinski definition) is 1. The van der Waals surface area contributed by atoms with Crippen LogP contribution in [0.2, 0.25) is 5.15 Å². The second-order valence-electron chi connectivity index (χ2n) is 5.16. The Morgan fingerprint density at radius 1 is 1.42 bits per heavy atom. The third-order valence-electron chi connectivity index (χ3n) is 3.83. The Hall–Kier alpha value is -1.46. The summed E-state index contributed by atoms with van der Waals surface area (Å²) < 4.78 is 1.63. The van der Waals surface area contributed by atoms with Crippen LogP contribution in [0.3, 0.4) is 0 Å². The third kappa shape index (κ3) is 2.35. The van der Waals surface area contributed by atoms with Crippen LogP contribution in [-0.2, 0) is 6.42 Å². The van der Waals surface area contributed by atoms with Crippen LogP contribution in [0.5, 0.6) is 0 Å². The average molecular weight is 279 g/mol. The Balaban J connectivity index is 1.82. The van der Waals surface area contributed by atoms with Crippen molar-refractivity contribution in [1.82, 2.24) is 20.0 Å². The number of nitrogens with zero attached hydrogens (tertiary/aromatic N) is 4. The van der Waals surface area contributed by atoms with Crippen LogP contribution in [0.1, 0.15) is 25.0 Å². The first-order chi connectivity index (χ1) is 9.22.